The van der Waals surface area contributed by atoms with Crippen LogP contribution in [0.15, 0.2) is 48.8 Å². The van der Waals surface area contributed by atoms with Crippen LogP contribution in [0.1, 0.15) is 30.0 Å². The third-order valence-electron chi connectivity index (χ3n) is 3.57. The highest BCUT2D eigenvalue weighted by Crippen LogP contribution is 2.41. The van der Waals surface area contributed by atoms with Crippen LogP contribution < -0.4 is 5.32 Å². The highest BCUT2D eigenvalue weighted by atomic mass is 35.5. The fraction of sp³-hybridized carbons (Fsp3) is 0.312. The Morgan fingerprint density at radius 2 is 2.00 bits per heavy atom. The first-order valence-corrected chi connectivity index (χ1v) is 7.08. The Morgan fingerprint density at radius 1 is 1.21 bits per heavy atom. The molecule has 2 aromatic rings. The van der Waals surface area contributed by atoms with Crippen LogP contribution in [0.3, 0.4) is 0 Å². The molecule has 0 amide bonds. The zero-order valence-corrected chi connectivity index (χ0v) is 11.5. The first kappa shape index (κ1) is 12.6. The summed E-state index contributed by atoms with van der Waals surface area (Å²) in [6.07, 6.45) is 6.35. The molecule has 0 aliphatic heterocycles. The van der Waals surface area contributed by atoms with Crippen molar-refractivity contribution in [2.75, 3.05) is 0 Å². The van der Waals surface area contributed by atoms with Gasteiger partial charge in [0.1, 0.15) is 0 Å². The van der Waals surface area contributed by atoms with Gasteiger partial charge in [0.15, 0.2) is 0 Å². The molecule has 1 N–H and O–H groups in total. The van der Waals surface area contributed by atoms with E-state index in [0.717, 1.165) is 17.5 Å². The lowest BCUT2D eigenvalue weighted by atomic mass is 10.0. The number of aromatic nitrogens is 1. The Hall–Kier alpha value is -1.38. The molecule has 0 bridgehead atoms. The van der Waals surface area contributed by atoms with Crippen molar-refractivity contribution in [2.24, 2.45) is 5.92 Å². The highest BCUT2D eigenvalue weighted by molar-refractivity contribution is 6.30. The van der Waals surface area contributed by atoms with Crippen molar-refractivity contribution in [1.29, 1.82) is 0 Å². The van der Waals surface area contributed by atoms with Gasteiger partial charge < -0.3 is 5.32 Å². The van der Waals surface area contributed by atoms with Gasteiger partial charge in [-0.1, -0.05) is 29.8 Å². The van der Waals surface area contributed by atoms with Crippen molar-refractivity contribution < 1.29 is 0 Å². The molecular weight excluding hydrogens is 256 g/mol. The lowest BCUT2D eigenvalue weighted by molar-refractivity contribution is 0.480. The van der Waals surface area contributed by atoms with Gasteiger partial charge in [-0.15, -0.1) is 0 Å². The number of hydrogen-bond donors (Lipinski definition) is 1. The van der Waals surface area contributed by atoms with Crippen LogP contribution in [0.2, 0.25) is 5.02 Å². The van der Waals surface area contributed by atoms with Crippen LogP contribution >= 0.6 is 11.6 Å². The second kappa shape index (κ2) is 5.72. The van der Waals surface area contributed by atoms with Crippen molar-refractivity contribution in [3.05, 3.63) is 64.9 Å². The second-order valence-electron chi connectivity index (χ2n) is 5.11. The van der Waals surface area contributed by atoms with E-state index in [9.17, 15) is 0 Å². The van der Waals surface area contributed by atoms with E-state index in [4.69, 9.17) is 11.6 Å². The molecule has 1 aromatic heterocycles. The van der Waals surface area contributed by atoms with Gasteiger partial charge in [0.2, 0.25) is 0 Å². The molecule has 2 nitrogen and oxygen atoms in total. The van der Waals surface area contributed by atoms with Crippen molar-refractivity contribution in [1.82, 2.24) is 10.3 Å². The Labute approximate surface area is 118 Å². The molecule has 0 saturated heterocycles. The molecule has 1 aliphatic carbocycles. The molecule has 1 saturated carbocycles. The SMILES string of the molecule is Clc1ccc(C(NCc2cccnc2)C2CC2)cc1. The number of pyridine rings is 1. The van der Waals surface area contributed by atoms with E-state index < -0.39 is 0 Å². The molecule has 19 heavy (non-hydrogen) atoms. The maximum absolute atomic E-state index is 5.96. The highest BCUT2D eigenvalue weighted by Gasteiger charge is 2.31. The van der Waals surface area contributed by atoms with Gasteiger partial charge >= 0.3 is 0 Å². The molecule has 1 aromatic carbocycles. The number of nitrogens with one attached hydrogen (secondary N) is 1. The van der Waals surface area contributed by atoms with E-state index in [1.807, 2.05) is 24.4 Å². The Morgan fingerprint density at radius 3 is 2.63 bits per heavy atom. The van der Waals surface area contributed by atoms with Crippen molar-refractivity contribution in [2.45, 2.75) is 25.4 Å². The number of rotatable bonds is 5. The van der Waals surface area contributed by atoms with E-state index in [-0.39, 0.29) is 0 Å². The average molecular weight is 273 g/mol. The molecule has 1 unspecified atom stereocenters. The fourth-order valence-electron chi connectivity index (χ4n) is 2.39. The third kappa shape index (κ3) is 3.34. The molecule has 1 heterocycles. The predicted octanol–water partition coefficient (Wildman–Crippen LogP) is 3.98. The van der Waals surface area contributed by atoms with E-state index in [0.29, 0.717) is 6.04 Å². The third-order valence-corrected chi connectivity index (χ3v) is 3.82. The lowest BCUT2D eigenvalue weighted by Crippen LogP contribution is -2.22. The van der Waals surface area contributed by atoms with Gasteiger partial charge in [-0.25, -0.2) is 0 Å². The summed E-state index contributed by atoms with van der Waals surface area (Å²) in [5.74, 6) is 0.762. The van der Waals surface area contributed by atoms with Crippen molar-refractivity contribution >= 4 is 11.6 Å². The predicted molar refractivity (Wildman–Crippen MR) is 78.0 cm³/mol. The van der Waals surface area contributed by atoms with Gasteiger partial charge in [-0.3, -0.25) is 4.98 Å². The van der Waals surface area contributed by atoms with Crippen LogP contribution in [-0.2, 0) is 6.54 Å². The smallest absolute Gasteiger partial charge is 0.0406 e. The van der Waals surface area contributed by atoms with Crippen LogP contribution in [0.4, 0.5) is 0 Å². The Bertz CT molecular complexity index is 520. The van der Waals surface area contributed by atoms with Gasteiger partial charge in [-0.2, -0.15) is 0 Å². The van der Waals surface area contributed by atoms with Crippen LogP contribution in [0, 0.1) is 5.92 Å². The van der Waals surface area contributed by atoms with E-state index in [1.165, 1.54) is 24.0 Å². The monoisotopic (exact) mass is 272 g/mol. The summed E-state index contributed by atoms with van der Waals surface area (Å²) in [4.78, 5) is 4.15. The molecule has 0 radical (unpaired) electrons. The quantitative estimate of drug-likeness (QED) is 0.891. The van der Waals surface area contributed by atoms with Crippen LogP contribution in [-0.4, -0.2) is 4.98 Å². The first-order valence-electron chi connectivity index (χ1n) is 6.71. The zero-order chi connectivity index (χ0) is 13.1. The Kier molecular flexibility index (Phi) is 3.81. The number of halogens is 1. The van der Waals surface area contributed by atoms with Crippen molar-refractivity contribution in [3.8, 4) is 0 Å². The maximum atomic E-state index is 5.96. The van der Waals surface area contributed by atoms with Gasteiger partial charge in [0, 0.05) is 30.0 Å². The summed E-state index contributed by atoms with van der Waals surface area (Å²) in [6, 6.07) is 12.7. The summed E-state index contributed by atoms with van der Waals surface area (Å²) in [7, 11) is 0. The normalized spacial score (nSPS) is 16.3. The molecule has 1 aliphatic rings. The summed E-state index contributed by atoms with van der Waals surface area (Å²) in [6.45, 7) is 0.859. The van der Waals surface area contributed by atoms with Crippen molar-refractivity contribution in [3.63, 3.8) is 0 Å². The molecule has 1 fully saturated rings. The molecule has 1 atom stereocenters. The first-order chi connectivity index (χ1) is 9.33. The zero-order valence-electron chi connectivity index (χ0n) is 10.7. The van der Waals surface area contributed by atoms with E-state index in [2.05, 4.69) is 28.5 Å². The number of hydrogen-bond acceptors (Lipinski definition) is 2. The molecule has 3 rings (SSSR count). The van der Waals surface area contributed by atoms with Crippen LogP contribution in [0.5, 0.6) is 0 Å². The minimum Gasteiger partial charge on any atom is -0.306 e. The van der Waals surface area contributed by atoms with Gasteiger partial charge in [-0.05, 0) is 48.1 Å². The summed E-state index contributed by atoms with van der Waals surface area (Å²) in [5.41, 5.74) is 2.55. The van der Waals surface area contributed by atoms with E-state index in [1.54, 1.807) is 6.20 Å². The molecule has 0 spiro atoms. The summed E-state index contributed by atoms with van der Waals surface area (Å²) < 4.78 is 0. The fourth-order valence-corrected chi connectivity index (χ4v) is 2.51. The minimum absolute atomic E-state index is 0.428. The van der Waals surface area contributed by atoms with Gasteiger partial charge in [0.05, 0.1) is 0 Å². The molecular formula is C16H17ClN2. The van der Waals surface area contributed by atoms with Crippen LogP contribution in [0.25, 0.3) is 0 Å². The summed E-state index contributed by atoms with van der Waals surface area (Å²) in [5, 5.41) is 4.45. The molecule has 98 valence electrons. The topological polar surface area (TPSA) is 24.9 Å². The lowest BCUT2D eigenvalue weighted by Gasteiger charge is -2.19. The van der Waals surface area contributed by atoms with E-state index >= 15 is 0 Å². The van der Waals surface area contributed by atoms with Gasteiger partial charge in [0.25, 0.3) is 0 Å². The Balaban J connectivity index is 1.69. The second-order valence-corrected chi connectivity index (χ2v) is 5.55. The molecule has 3 heteroatoms. The standard InChI is InChI=1S/C16H17ClN2/c17-15-7-5-14(6-8-15)16(13-3-4-13)19-11-12-2-1-9-18-10-12/h1-2,5-10,13,16,19H,3-4,11H2. The average Bonchev–Trinajstić information content (AvgIpc) is 3.27. The number of nitrogens with zero attached hydrogens (tertiary/aromatic N) is 1. The largest absolute Gasteiger partial charge is 0.306 e. The maximum Gasteiger partial charge on any atom is 0.0406 e. The number of benzene rings is 1. The minimum atomic E-state index is 0.428. The summed E-state index contributed by atoms with van der Waals surface area (Å²) >= 11 is 5.96.